The summed E-state index contributed by atoms with van der Waals surface area (Å²) >= 11 is 0. The fraction of sp³-hybridized carbons (Fsp3) is 0.588. The Morgan fingerprint density at radius 1 is 1.21 bits per heavy atom. The Labute approximate surface area is 141 Å². The van der Waals surface area contributed by atoms with E-state index in [9.17, 15) is 19.4 Å². The average Bonchev–Trinajstić information content (AvgIpc) is 2.77. The second-order valence-electron chi connectivity index (χ2n) is 6.38. The second-order valence-corrected chi connectivity index (χ2v) is 6.38. The Morgan fingerprint density at radius 2 is 1.83 bits per heavy atom. The number of hydrogen-bond acceptors (Lipinski definition) is 5. The van der Waals surface area contributed by atoms with Gasteiger partial charge in [-0.05, 0) is 31.5 Å². The second kappa shape index (κ2) is 8.53. The van der Waals surface area contributed by atoms with Crippen molar-refractivity contribution in [3.63, 3.8) is 0 Å². The molecule has 4 atom stereocenters. The molecule has 0 bridgehead atoms. The van der Waals surface area contributed by atoms with Gasteiger partial charge >= 0.3 is 0 Å². The fourth-order valence-corrected chi connectivity index (χ4v) is 2.69. The lowest BCUT2D eigenvalue weighted by Gasteiger charge is -2.16. The zero-order valence-corrected chi connectivity index (χ0v) is 13.9. The molecule has 0 unspecified atom stereocenters. The number of amides is 1. The molecule has 4 N–H and O–H groups in total. The number of halogens is 1. The summed E-state index contributed by atoms with van der Waals surface area (Å²) in [7, 11) is 0. The largest absolute Gasteiger partial charge is 0.388 e. The molecule has 1 aromatic carbocycles. The van der Waals surface area contributed by atoms with E-state index in [-0.39, 0.29) is 24.2 Å². The average molecular weight is 340 g/mol. The first-order valence-corrected chi connectivity index (χ1v) is 8.13. The van der Waals surface area contributed by atoms with Gasteiger partial charge in [-0.15, -0.1) is 0 Å². The van der Waals surface area contributed by atoms with E-state index in [0.717, 1.165) is 5.56 Å². The Morgan fingerprint density at radius 3 is 2.46 bits per heavy atom. The summed E-state index contributed by atoms with van der Waals surface area (Å²) in [5.74, 6) is -0.514. The highest BCUT2D eigenvalue weighted by molar-refractivity contribution is 5.76. The predicted octanol–water partition coefficient (Wildman–Crippen LogP) is 0.319. The van der Waals surface area contributed by atoms with Crippen LogP contribution in [0.2, 0.25) is 0 Å². The van der Waals surface area contributed by atoms with Crippen molar-refractivity contribution in [3.05, 3.63) is 35.6 Å². The van der Waals surface area contributed by atoms with Crippen molar-refractivity contribution in [2.45, 2.75) is 57.3 Å². The molecule has 1 heterocycles. The maximum Gasteiger partial charge on any atom is 0.222 e. The molecule has 0 aromatic heterocycles. The molecule has 1 fully saturated rings. The molecule has 7 heteroatoms. The highest BCUT2D eigenvalue weighted by Crippen LogP contribution is 2.23. The van der Waals surface area contributed by atoms with Crippen LogP contribution < -0.4 is 10.6 Å². The Bertz CT molecular complexity index is 538. The third-order valence-electron chi connectivity index (χ3n) is 3.89. The van der Waals surface area contributed by atoms with E-state index in [1.54, 1.807) is 12.1 Å². The molecule has 1 aliphatic heterocycles. The van der Waals surface area contributed by atoms with E-state index in [1.807, 2.05) is 13.8 Å². The van der Waals surface area contributed by atoms with Crippen molar-refractivity contribution in [1.29, 1.82) is 0 Å². The van der Waals surface area contributed by atoms with Gasteiger partial charge in [0.05, 0.1) is 18.6 Å². The van der Waals surface area contributed by atoms with Crippen molar-refractivity contribution in [3.8, 4) is 0 Å². The first-order chi connectivity index (χ1) is 11.4. The molecule has 134 valence electrons. The number of aliphatic hydroxyl groups excluding tert-OH is 2. The Kier molecular flexibility index (Phi) is 6.68. The molecule has 0 saturated carbocycles. The van der Waals surface area contributed by atoms with E-state index in [4.69, 9.17) is 4.74 Å². The summed E-state index contributed by atoms with van der Waals surface area (Å²) in [6, 6.07) is 6.11. The number of benzene rings is 1. The molecular weight excluding hydrogens is 315 g/mol. The van der Waals surface area contributed by atoms with Gasteiger partial charge in [0.15, 0.2) is 0 Å². The molecule has 6 nitrogen and oxygen atoms in total. The van der Waals surface area contributed by atoms with Crippen molar-refractivity contribution in [2.24, 2.45) is 0 Å². The van der Waals surface area contributed by atoms with Gasteiger partial charge in [0.1, 0.15) is 18.0 Å². The number of nitrogens with one attached hydrogen (secondary N) is 2. The molecule has 1 saturated heterocycles. The molecule has 2 rings (SSSR count). The summed E-state index contributed by atoms with van der Waals surface area (Å²) in [5.41, 5.74) is 0.900. The third-order valence-corrected chi connectivity index (χ3v) is 3.89. The zero-order valence-electron chi connectivity index (χ0n) is 13.9. The van der Waals surface area contributed by atoms with Crippen LogP contribution >= 0.6 is 0 Å². The van der Waals surface area contributed by atoms with E-state index >= 15 is 0 Å². The number of ether oxygens (including phenoxy) is 1. The standard InChI is InChI=1S/C17H25FN2O4/c1-10(2)20-15(21)7-13-16(22)17(23)14(24-13)9-19-8-11-3-5-12(18)6-4-11/h3-6,10,13-14,16-17,19,22-23H,7-9H2,1-2H3,(H,20,21)/t13-,14-,16+,17-/m1/s1. The minimum Gasteiger partial charge on any atom is -0.388 e. The van der Waals surface area contributed by atoms with Crippen LogP contribution in [-0.4, -0.2) is 53.1 Å². The van der Waals surface area contributed by atoms with Crippen molar-refractivity contribution >= 4 is 5.91 Å². The minimum atomic E-state index is -1.10. The molecule has 0 aliphatic carbocycles. The molecule has 0 radical (unpaired) electrons. The van der Waals surface area contributed by atoms with Gasteiger partial charge in [-0.25, -0.2) is 4.39 Å². The van der Waals surface area contributed by atoms with Crippen molar-refractivity contribution in [1.82, 2.24) is 10.6 Å². The number of aliphatic hydroxyl groups is 2. The van der Waals surface area contributed by atoms with E-state index in [0.29, 0.717) is 13.1 Å². The molecule has 1 amide bonds. The first-order valence-electron chi connectivity index (χ1n) is 8.13. The molecule has 1 aromatic rings. The zero-order chi connectivity index (χ0) is 17.7. The topological polar surface area (TPSA) is 90.8 Å². The summed E-state index contributed by atoms with van der Waals surface area (Å²) in [6.45, 7) is 4.50. The summed E-state index contributed by atoms with van der Waals surface area (Å²) in [6.07, 6.45) is -3.47. The fourth-order valence-electron chi connectivity index (χ4n) is 2.69. The molecule has 24 heavy (non-hydrogen) atoms. The van der Waals surface area contributed by atoms with Gasteiger partial charge in [0, 0.05) is 19.1 Å². The first kappa shape index (κ1) is 18.8. The van der Waals surface area contributed by atoms with Gasteiger partial charge < -0.3 is 25.6 Å². The lowest BCUT2D eigenvalue weighted by atomic mass is 10.1. The van der Waals surface area contributed by atoms with Crippen LogP contribution in [0.3, 0.4) is 0 Å². The van der Waals surface area contributed by atoms with E-state index < -0.39 is 24.4 Å². The van der Waals surface area contributed by atoms with Crippen LogP contribution in [0.5, 0.6) is 0 Å². The number of rotatable bonds is 7. The van der Waals surface area contributed by atoms with Crippen LogP contribution in [0.25, 0.3) is 0 Å². The van der Waals surface area contributed by atoms with Gasteiger partial charge in [-0.1, -0.05) is 12.1 Å². The quantitative estimate of drug-likeness (QED) is 0.574. The monoisotopic (exact) mass is 340 g/mol. The van der Waals surface area contributed by atoms with Crippen LogP contribution in [0.15, 0.2) is 24.3 Å². The maximum absolute atomic E-state index is 12.8. The van der Waals surface area contributed by atoms with E-state index in [1.165, 1.54) is 12.1 Å². The van der Waals surface area contributed by atoms with Gasteiger partial charge in [-0.2, -0.15) is 0 Å². The molecule has 0 spiro atoms. The molecule has 1 aliphatic rings. The minimum absolute atomic E-state index is 0.00483. The predicted molar refractivity (Wildman–Crippen MR) is 86.7 cm³/mol. The number of hydrogen-bond donors (Lipinski definition) is 4. The summed E-state index contributed by atoms with van der Waals surface area (Å²) in [5, 5.41) is 25.9. The van der Waals surface area contributed by atoms with Crippen LogP contribution in [0.4, 0.5) is 4.39 Å². The smallest absolute Gasteiger partial charge is 0.222 e. The summed E-state index contributed by atoms with van der Waals surface area (Å²) < 4.78 is 18.5. The van der Waals surface area contributed by atoms with Crippen molar-refractivity contribution in [2.75, 3.05) is 6.54 Å². The highest BCUT2D eigenvalue weighted by Gasteiger charge is 2.43. The SMILES string of the molecule is CC(C)NC(=O)C[C@H]1O[C@H](CNCc2ccc(F)cc2)[C@@H](O)[C@H]1O. The number of carbonyl (C=O) groups is 1. The third kappa shape index (κ3) is 5.24. The normalized spacial score (nSPS) is 26.8. The van der Waals surface area contributed by atoms with Gasteiger partial charge in [0.2, 0.25) is 5.91 Å². The van der Waals surface area contributed by atoms with Crippen molar-refractivity contribution < 1.29 is 24.1 Å². The lowest BCUT2D eigenvalue weighted by molar-refractivity contribution is -0.125. The van der Waals surface area contributed by atoms with Crippen LogP contribution in [0.1, 0.15) is 25.8 Å². The Balaban J connectivity index is 1.79. The summed E-state index contributed by atoms with van der Waals surface area (Å²) in [4.78, 5) is 11.8. The molecular formula is C17H25FN2O4. The number of carbonyl (C=O) groups excluding carboxylic acids is 1. The van der Waals surface area contributed by atoms with Gasteiger partial charge in [-0.3, -0.25) is 4.79 Å². The van der Waals surface area contributed by atoms with E-state index in [2.05, 4.69) is 10.6 Å². The lowest BCUT2D eigenvalue weighted by Crippen LogP contribution is -2.38. The van der Waals surface area contributed by atoms with Crippen LogP contribution in [0, 0.1) is 5.82 Å². The van der Waals surface area contributed by atoms with Crippen LogP contribution in [-0.2, 0) is 16.1 Å². The highest BCUT2D eigenvalue weighted by atomic mass is 19.1. The Hall–Kier alpha value is -1.54. The maximum atomic E-state index is 12.8. The van der Waals surface area contributed by atoms with Gasteiger partial charge in [0.25, 0.3) is 0 Å².